The van der Waals surface area contributed by atoms with Crippen LogP contribution in [0.5, 0.6) is 5.75 Å². The summed E-state index contributed by atoms with van der Waals surface area (Å²) in [7, 11) is 0. The number of hydrogen-bond acceptors (Lipinski definition) is 4. The fourth-order valence-corrected chi connectivity index (χ4v) is 2.02. The van der Waals surface area contributed by atoms with Crippen molar-refractivity contribution in [1.29, 1.82) is 5.26 Å². The second-order valence-corrected chi connectivity index (χ2v) is 5.63. The Kier molecular flexibility index (Phi) is 7.05. The molecule has 1 amide bonds. The second kappa shape index (κ2) is 8.54. The second-order valence-electron chi connectivity index (χ2n) is 5.63. The van der Waals surface area contributed by atoms with E-state index in [1.807, 2.05) is 27.7 Å². The molecule has 126 valence electrons. The zero-order valence-corrected chi connectivity index (χ0v) is 14.6. The van der Waals surface area contributed by atoms with E-state index in [1.54, 1.807) is 25.1 Å². The fraction of sp³-hybridized carbons (Fsp3) is 0.556. The number of nitrogens with zero attached hydrogens (tertiary/aromatic N) is 1. The van der Waals surface area contributed by atoms with Crippen LogP contribution in [0, 0.1) is 11.3 Å². The summed E-state index contributed by atoms with van der Waals surface area (Å²) in [6, 6.07) is 7.19. The van der Waals surface area contributed by atoms with Crippen molar-refractivity contribution in [2.24, 2.45) is 0 Å². The Labute approximate surface area is 138 Å². The van der Waals surface area contributed by atoms with Crippen molar-refractivity contribution in [2.75, 3.05) is 11.9 Å². The minimum absolute atomic E-state index is 0.0725. The summed E-state index contributed by atoms with van der Waals surface area (Å²) in [5.41, 5.74) is -0.0737. The van der Waals surface area contributed by atoms with Crippen LogP contribution in [0.2, 0.25) is 0 Å². The molecule has 0 aliphatic rings. The van der Waals surface area contributed by atoms with Crippen molar-refractivity contribution in [1.82, 2.24) is 0 Å². The van der Waals surface area contributed by atoms with Gasteiger partial charge in [0.2, 0.25) is 0 Å². The first-order chi connectivity index (χ1) is 10.9. The van der Waals surface area contributed by atoms with Crippen LogP contribution in [0.4, 0.5) is 5.69 Å². The maximum absolute atomic E-state index is 12.5. The van der Waals surface area contributed by atoms with Gasteiger partial charge in [-0.15, -0.1) is 0 Å². The number of nitriles is 1. The van der Waals surface area contributed by atoms with Gasteiger partial charge in [0.15, 0.2) is 0 Å². The molecule has 0 heterocycles. The van der Waals surface area contributed by atoms with Crippen LogP contribution in [-0.2, 0) is 9.53 Å². The number of ether oxygens (including phenoxy) is 2. The molecule has 0 saturated heterocycles. The number of hydrogen-bond donors (Lipinski definition) is 1. The van der Waals surface area contributed by atoms with E-state index in [9.17, 15) is 10.1 Å². The molecule has 5 heteroatoms. The smallest absolute Gasteiger partial charge is 0.256 e. The minimum atomic E-state index is -0.909. The molecule has 1 N–H and O–H groups in total. The fourth-order valence-electron chi connectivity index (χ4n) is 2.02. The summed E-state index contributed by atoms with van der Waals surface area (Å²) in [5.74, 6) is 0.367. The van der Waals surface area contributed by atoms with Crippen molar-refractivity contribution >= 4 is 11.6 Å². The molecule has 1 aromatic carbocycles. The summed E-state index contributed by atoms with van der Waals surface area (Å²) < 4.78 is 11.3. The highest BCUT2D eigenvalue weighted by atomic mass is 16.5. The Morgan fingerprint density at radius 3 is 2.61 bits per heavy atom. The summed E-state index contributed by atoms with van der Waals surface area (Å²) in [5, 5.41) is 12.1. The average Bonchev–Trinajstić information content (AvgIpc) is 2.55. The number of rotatable bonds is 8. The molecule has 0 aliphatic carbocycles. The molecular formula is C18H26N2O3. The lowest BCUT2D eigenvalue weighted by Crippen LogP contribution is -2.42. The highest BCUT2D eigenvalue weighted by molar-refractivity contribution is 5.98. The predicted molar refractivity (Wildman–Crippen MR) is 90.5 cm³/mol. The standard InChI is InChI=1S/C18H26N2O3/c1-6-13(4)23-15-9-10-16(14(11-15)12-19)20-17(21)18(5,7-2)22-8-3/h9-11,13H,6-8H2,1-5H3,(H,20,21)/t13-,18-/m0/s1. The number of amides is 1. The van der Waals surface area contributed by atoms with E-state index in [1.165, 1.54) is 0 Å². The molecule has 0 saturated carbocycles. The van der Waals surface area contributed by atoms with Crippen LogP contribution in [0.15, 0.2) is 18.2 Å². The van der Waals surface area contributed by atoms with Crippen molar-refractivity contribution in [2.45, 2.75) is 59.2 Å². The van der Waals surface area contributed by atoms with E-state index in [0.717, 1.165) is 6.42 Å². The van der Waals surface area contributed by atoms with Crippen LogP contribution in [0.3, 0.4) is 0 Å². The molecule has 0 radical (unpaired) electrons. The van der Waals surface area contributed by atoms with E-state index >= 15 is 0 Å². The molecule has 0 unspecified atom stereocenters. The molecule has 0 fully saturated rings. The molecule has 0 spiro atoms. The van der Waals surface area contributed by atoms with Gasteiger partial charge in [0.1, 0.15) is 17.4 Å². The van der Waals surface area contributed by atoms with Gasteiger partial charge in [-0.1, -0.05) is 13.8 Å². The normalized spacial score (nSPS) is 14.4. The molecule has 2 atom stereocenters. The van der Waals surface area contributed by atoms with Gasteiger partial charge in [0.25, 0.3) is 5.91 Å². The highest BCUT2D eigenvalue weighted by Gasteiger charge is 2.32. The first kappa shape index (κ1) is 19.0. The van der Waals surface area contributed by atoms with Crippen LogP contribution in [0.1, 0.15) is 53.0 Å². The van der Waals surface area contributed by atoms with Gasteiger partial charge < -0.3 is 14.8 Å². The molecule has 0 bridgehead atoms. The Bertz CT molecular complexity index is 580. The van der Waals surface area contributed by atoms with Gasteiger partial charge in [-0.25, -0.2) is 0 Å². The average molecular weight is 318 g/mol. The molecule has 0 aliphatic heterocycles. The van der Waals surface area contributed by atoms with Crippen molar-refractivity contribution in [3.8, 4) is 11.8 Å². The van der Waals surface area contributed by atoms with Crippen molar-refractivity contribution in [3.05, 3.63) is 23.8 Å². The summed E-state index contributed by atoms with van der Waals surface area (Å²) in [4.78, 5) is 12.5. The maximum atomic E-state index is 12.5. The molecule has 1 aromatic rings. The minimum Gasteiger partial charge on any atom is -0.491 e. The molecule has 1 rings (SSSR count). The summed E-state index contributed by atoms with van der Waals surface area (Å²) in [6.45, 7) is 9.94. The van der Waals surface area contributed by atoms with Gasteiger partial charge in [-0.3, -0.25) is 4.79 Å². The Hall–Kier alpha value is -2.06. The largest absolute Gasteiger partial charge is 0.491 e. The number of benzene rings is 1. The number of carbonyl (C=O) groups is 1. The third-order valence-corrected chi connectivity index (χ3v) is 3.89. The molecule has 0 aromatic heterocycles. The quantitative estimate of drug-likeness (QED) is 0.789. The van der Waals surface area contributed by atoms with Crippen LogP contribution < -0.4 is 10.1 Å². The van der Waals surface area contributed by atoms with Crippen LogP contribution in [0.25, 0.3) is 0 Å². The maximum Gasteiger partial charge on any atom is 0.256 e. The summed E-state index contributed by atoms with van der Waals surface area (Å²) >= 11 is 0. The van der Waals surface area contributed by atoms with Gasteiger partial charge >= 0.3 is 0 Å². The summed E-state index contributed by atoms with van der Waals surface area (Å²) in [6.07, 6.45) is 1.50. The molecule has 23 heavy (non-hydrogen) atoms. The van der Waals surface area contributed by atoms with Gasteiger partial charge in [0.05, 0.1) is 17.4 Å². The number of carbonyl (C=O) groups excluding carboxylic acids is 1. The van der Waals surface area contributed by atoms with E-state index in [2.05, 4.69) is 11.4 Å². The van der Waals surface area contributed by atoms with E-state index in [4.69, 9.17) is 9.47 Å². The Morgan fingerprint density at radius 2 is 2.09 bits per heavy atom. The van der Waals surface area contributed by atoms with Gasteiger partial charge in [0, 0.05) is 12.7 Å². The first-order valence-corrected chi connectivity index (χ1v) is 8.06. The SMILES string of the molecule is CCO[C@@](C)(CC)C(=O)Nc1ccc(O[C@@H](C)CC)cc1C#N. The predicted octanol–water partition coefficient (Wildman–Crippen LogP) is 3.88. The third-order valence-electron chi connectivity index (χ3n) is 3.89. The lowest BCUT2D eigenvalue weighted by molar-refractivity contribution is -0.139. The molecular weight excluding hydrogens is 292 g/mol. The lowest BCUT2D eigenvalue weighted by Gasteiger charge is -2.27. The molecule has 5 nitrogen and oxygen atoms in total. The zero-order valence-electron chi connectivity index (χ0n) is 14.6. The van der Waals surface area contributed by atoms with Crippen molar-refractivity contribution in [3.63, 3.8) is 0 Å². The van der Waals surface area contributed by atoms with Crippen LogP contribution in [-0.4, -0.2) is 24.2 Å². The van der Waals surface area contributed by atoms with E-state index in [0.29, 0.717) is 30.0 Å². The number of nitrogens with one attached hydrogen (secondary N) is 1. The zero-order chi connectivity index (χ0) is 17.5. The lowest BCUT2D eigenvalue weighted by atomic mass is 10.0. The van der Waals surface area contributed by atoms with E-state index < -0.39 is 5.60 Å². The Morgan fingerprint density at radius 1 is 1.39 bits per heavy atom. The topological polar surface area (TPSA) is 71.3 Å². The first-order valence-electron chi connectivity index (χ1n) is 8.06. The van der Waals surface area contributed by atoms with Gasteiger partial charge in [-0.05, 0) is 45.7 Å². The van der Waals surface area contributed by atoms with Crippen LogP contribution >= 0.6 is 0 Å². The van der Waals surface area contributed by atoms with E-state index in [-0.39, 0.29) is 12.0 Å². The van der Waals surface area contributed by atoms with Gasteiger partial charge in [-0.2, -0.15) is 5.26 Å². The number of anilines is 1. The highest BCUT2D eigenvalue weighted by Crippen LogP contribution is 2.25. The third kappa shape index (κ3) is 4.97. The van der Waals surface area contributed by atoms with Crippen molar-refractivity contribution < 1.29 is 14.3 Å². The Balaban J connectivity index is 2.97. The monoisotopic (exact) mass is 318 g/mol.